The number of hydrogen-bond donors (Lipinski definition) is 1. The molecule has 2 unspecified atom stereocenters. The first kappa shape index (κ1) is 13.2. The Bertz CT molecular complexity index is 337. The molecule has 1 aromatic rings. The van der Waals surface area contributed by atoms with Gasteiger partial charge >= 0.3 is 0 Å². The molecule has 0 aromatic heterocycles. The molecule has 1 saturated carbocycles. The van der Waals surface area contributed by atoms with Crippen LogP contribution in [0.25, 0.3) is 0 Å². The molecule has 3 heteroatoms. The largest absolute Gasteiger partial charge is 0.312 e. The molecule has 2 atom stereocenters. The minimum absolute atomic E-state index is 0.395. The molecule has 1 aromatic carbocycles. The van der Waals surface area contributed by atoms with Gasteiger partial charge in [-0.15, -0.1) is 11.6 Å². The highest BCUT2D eigenvalue weighted by molar-refractivity contribution is 6.30. The summed E-state index contributed by atoms with van der Waals surface area (Å²) < 4.78 is 0. The summed E-state index contributed by atoms with van der Waals surface area (Å²) in [5.74, 6) is 0.749. The molecule has 0 radical (unpaired) electrons. The van der Waals surface area contributed by atoms with Crippen molar-refractivity contribution in [2.75, 3.05) is 6.54 Å². The second-order valence-corrected chi connectivity index (χ2v) is 5.94. The first-order valence-corrected chi connectivity index (χ1v) is 7.14. The van der Waals surface area contributed by atoms with E-state index in [0.717, 1.165) is 30.5 Å². The van der Waals surface area contributed by atoms with E-state index < -0.39 is 0 Å². The summed E-state index contributed by atoms with van der Waals surface area (Å²) in [5.41, 5.74) is 1.28. The third-order valence-corrected chi connectivity index (χ3v) is 4.04. The summed E-state index contributed by atoms with van der Waals surface area (Å²) in [6.07, 6.45) is 4.95. The molecule has 0 aliphatic heterocycles. The number of benzene rings is 1. The lowest BCUT2D eigenvalue weighted by Gasteiger charge is -2.25. The SMILES string of the molecule is Clc1ccc(CNCC2CCCC(Cl)C2)cc1. The fourth-order valence-corrected chi connectivity index (χ4v) is 2.97. The van der Waals surface area contributed by atoms with Crippen LogP contribution < -0.4 is 5.32 Å². The van der Waals surface area contributed by atoms with E-state index in [9.17, 15) is 0 Å². The average molecular weight is 272 g/mol. The fraction of sp³-hybridized carbons (Fsp3) is 0.571. The summed E-state index contributed by atoms with van der Waals surface area (Å²) in [5, 5.41) is 4.70. The predicted octanol–water partition coefficient (Wildman–Crippen LogP) is 4.23. The normalized spacial score (nSPS) is 24.8. The standard InChI is InChI=1S/C14H19Cl2N/c15-13-6-4-11(5-7-13)9-17-10-12-2-1-3-14(16)8-12/h4-7,12,14,17H,1-3,8-10H2. The van der Waals surface area contributed by atoms with Crippen molar-refractivity contribution in [3.8, 4) is 0 Å². The zero-order valence-electron chi connectivity index (χ0n) is 9.96. The maximum absolute atomic E-state index is 6.18. The van der Waals surface area contributed by atoms with Gasteiger partial charge in [0.15, 0.2) is 0 Å². The van der Waals surface area contributed by atoms with Gasteiger partial charge in [-0.2, -0.15) is 0 Å². The molecule has 1 fully saturated rings. The zero-order chi connectivity index (χ0) is 12.1. The van der Waals surface area contributed by atoms with Crippen molar-refractivity contribution in [1.82, 2.24) is 5.32 Å². The predicted molar refractivity (Wildman–Crippen MR) is 74.8 cm³/mol. The number of rotatable bonds is 4. The van der Waals surface area contributed by atoms with E-state index >= 15 is 0 Å². The van der Waals surface area contributed by atoms with Crippen molar-refractivity contribution in [2.45, 2.75) is 37.6 Å². The van der Waals surface area contributed by atoms with Crippen molar-refractivity contribution >= 4 is 23.2 Å². The van der Waals surface area contributed by atoms with Crippen LogP contribution in [-0.4, -0.2) is 11.9 Å². The Labute approximate surface area is 114 Å². The highest BCUT2D eigenvalue weighted by Gasteiger charge is 2.19. The van der Waals surface area contributed by atoms with Gasteiger partial charge in [-0.05, 0) is 49.4 Å². The molecule has 1 aliphatic carbocycles. The summed E-state index contributed by atoms with van der Waals surface area (Å²) in [6.45, 7) is 1.99. The van der Waals surface area contributed by atoms with E-state index in [1.54, 1.807) is 0 Å². The second-order valence-electron chi connectivity index (χ2n) is 4.89. The van der Waals surface area contributed by atoms with Gasteiger partial charge < -0.3 is 5.32 Å². The monoisotopic (exact) mass is 271 g/mol. The molecule has 0 saturated heterocycles. The van der Waals surface area contributed by atoms with Gasteiger partial charge in [-0.1, -0.05) is 30.2 Å². The van der Waals surface area contributed by atoms with Crippen LogP contribution >= 0.6 is 23.2 Å². The Hall–Kier alpha value is -0.240. The lowest BCUT2D eigenvalue weighted by Crippen LogP contribution is -2.27. The highest BCUT2D eigenvalue weighted by Crippen LogP contribution is 2.27. The van der Waals surface area contributed by atoms with Gasteiger partial charge in [0.05, 0.1) is 0 Å². The summed E-state index contributed by atoms with van der Waals surface area (Å²) in [4.78, 5) is 0. The van der Waals surface area contributed by atoms with E-state index in [-0.39, 0.29) is 0 Å². The van der Waals surface area contributed by atoms with Crippen LogP contribution in [0.15, 0.2) is 24.3 Å². The summed E-state index contributed by atoms with van der Waals surface area (Å²) in [7, 11) is 0. The number of hydrogen-bond acceptors (Lipinski definition) is 1. The molecular weight excluding hydrogens is 253 g/mol. The van der Waals surface area contributed by atoms with Gasteiger partial charge in [-0.25, -0.2) is 0 Å². The second kappa shape index (κ2) is 6.63. The van der Waals surface area contributed by atoms with E-state index in [0.29, 0.717) is 5.38 Å². The first-order valence-electron chi connectivity index (χ1n) is 6.33. The molecule has 94 valence electrons. The van der Waals surface area contributed by atoms with Crippen LogP contribution in [0.3, 0.4) is 0 Å². The molecule has 0 spiro atoms. The van der Waals surface area contributed by atoms with Crippen LogP contribution in [0.1, 0.15) is 31.2 Å². The Morgan fingerprint density at radius 1 is 1.18 bits per heavy atom. The maximum atomic E-state index is 6.18. The van der Waals surface area contributed by atoms with Crippen molar-refractivity contribution in [3.05, 3.63) is 34.9 Å². The van der Waals surface area contributed by atoms with Crippen LogP contribution in [0.4, 0.5) is 0 Å². The van der Waals surface area contributed by atoms with Gasteiger partial charge in [0.25, 0.3) is 0 Å². The van der Waals surface area contributed by atoms with Crippen molar-refractivity contribution in [1.29, 1.82) is 0 Å². The van der Waals surface area contributed by atoms with Gasteiger partial charge in [0.2, 0.25) is 0 Å². The van der Waals surface area contributed by atoms with E-state index in [2.05, 4.69) is 17.4 Å². The quantitative estimate of drug-likeness (QED) is 0.809. The number of alkyl halides is 1. The fourth-order valence-electron chi connectivity index (χ4n) is 2.43. The number of halogens is 2. The van der Waals surface area contributed by atoms with Crippen LogP contribution in [0, 0.1) is 5.92 Å². The molecule has 0 bridgehead atoms. The highest BCUT2D eigenvalue weighted by atomic mass is 35.5. The lowest BCUT2D eigenvalue weighted by molar-refractivity contribution is 0.346. The Balaban J connectivity index is 1.70. The molecule has 1 aliphatic rings. The smallest absolute Gasteiger partial charge is 0.0406 e. The molecular formula is C14H19Cl2N. The molecule has 1 nitrogen and oxygen atoms in total. The maximum Gasteiger partial charge on any atom is 0.0406 e. The molecule has 1 N–H and O–H groups in total. The third kappa shape index (κ3) is 4.50. The van der Waals surface area contributed by atoms with Crippen molar-refractivity contribution < 1.29 is 0 Å². The average Bonchev–Trinajstić information content (AvgIpc) is 2.32. The Morgan fingerprint density at radius 3 is 2.65 bits per heavy atom. The van der Waals surface area contributed by atoms with Crippen LogP contribution in [0.5, 0.6) is 0 Å². The van der Waals surface area contributed by atoms with E-state index in [4.69, 9.17) is 23.2 Å². The third-order valence-electron chi connectivity index (χ3n) is 3.39. The molecule has 0 heterocycles. The minimum atomic E-state index is 0.395. The first-order chi connectivity index (χ1) is 8.24. The molecule has 17 heavy (non-hydrogen) atoms. The Kier molecular flexibility index (Phi) is 5.15. The minimum Gasteiger partial charge on any atom is -0.312 e. The topological polar surface area (TPSA) is 12.0 Å². The lowest BCUT2D eigenvalue weighted by atomic mass is 9.89. The molecule has 0 amide bonds. The van der Waals surface area contributed by atoms with Crippen molar-refractivity contribution in [2.24, 2.45) is 5.92 Å². The number of nitrogens with one attached hydrogen (secondary N) is 1. The van der Waals surface area contributed by atoms with Gasteiger partial charge in [0.1, 0.15) is 0 Å². The van der Waals surface area contributed by atoms with Gasteiger partial charge in [0, 0.05) is 16.9 Å². The van der Waals surface area contributed by atoms with E-state index in [1.165, 1.54) is 24.8 Å². The van der Waals surface area contributed by atoms with E-state index in [1.807, 2.05) is 12.1 Å². The Morgan fingerprint density at radius 2 is 1.94 bits per heavy atom. The van der Waals surface area contributed by atoms with Crippen molar-refractivity contribution in [3.63, 3.8) is 0 Å². The van der Waals surface area contributed by atoms with Gasteiger partial charge in [-0.3, -0.25) is 0 Å². The van der Waals surface area contributed by atoms with Crippen LogP contribution in [0.2, 0.25) is 5.02 Å². The molecule has 2 rings (SSSR count). The zero-order valence-corrected chi connectivity index (χ0v) is 11.5. The summed E-state index contributed by atoms with van der Waals surface area (Å²) >= 11 is 12.0. The summed E-state index contributed by atoms with van der Waals surface area (Å²) in [6, 6.07) is 8.02. The van der Waals surface area contributed by atoms with Crippen LogP contribution in [-0.2, 0) is 6.54 Å².